The molecule has 0 aromatic heterocycles. The van der Waals surface area contributed by atoms with Gasteiger partial charge in [-0.3, -0.25) is 4.79 Å². The highest BCUT2D eigenvalue weighted by Crippen LogP contribution is 2.37. The summed E-state index contributed by atoms with van der Waals surface area (Å²) in [6, 6.07) is 8.60. The van der Waals surface area contributed by atoms with Crippen molar-refractivity contribution < 1.29 is 9.53 Å². The highest BCUT2D eigenvalue weighted by atomic mass is 16.5. The Hall–Kier alpha value is -1.15. The van der Waals surface area contributed by atoms with Crippen LogP contribution in [0.4, 0.5) is 0 Å². The van der Waals surface area contributed by atoms with Crippen LogP contribution in [0.3, 0.4) is 0 Å². The molecule has 1 heterocycles. The van der Waals surface area contributed by atoms with E-state index in [-0.39, 0.29) is 0 Å². The summed E-state index contributed by atoms with van der Waals surface area (Å²) in [6.45, 7) is 2.71. The van der Waals surface area contributed by atoms with Crippen LogP contribution in [-0.2, 0) is 16.0 Å². The Morgan fingerprint density at radius 1 is 1.37 bits per heavy atom. The van der Waals surface area contributed by atoms with Crippen molar-refractivity contribution in [2.75, 3.05) is 6.61 Å². The lowest BCUT2D eigenvalue weighted by Gasteiger charge is -2.28. The summed E-state index contributed by atoms with van der Waals surface area (Å²) in [7, 11) is 0. The second-order valence-electron chi connectivity index (χ2n) is 6.10. The Kier molecular flexibility index (Phi) is 3.44. The Morgan fingerprint density at radius 3 is 3.00 bits per heavy atom. The van der Waals surface area contributed by atoms with E-state index >= 15 is 0 Å². The second kappa shape index (κ2) is 5.09. The molecule has 0 radical (unpaired) electrons. The predicted octanol–water partition coefficient (Wildman–Crippen LogP) is 3.63. The van der Waals surface area contributed by atoms with Gasteiger partial charge in [0.1, 0.15) is 5.60 Å². The van der Waals surface area contributed by atoms with Gasteiger partial charge in [-0.15, -0.1) is 0 Å². The maximum atomic E-state index is 12.5. The Morgan fingerprint density at radius 2 is 2.21 bits per heavy atom. The quantitative estimate of drug-likeness (QED) is 0.827. The number of carbonyl (C=O) groups is 1. The van der Waals surface area contributed by atoms with E-state index in [1.807, 2.05) is 6.92 Å². The normalized spacial score (nSPS) is 30.1. The Labute approximate surface area is 115 Å². The first-order chi connectivity index (χ1) is 9.19. The van der Waals surface area contributed by atoms with Crippen LogP contribution in [0.5, 0.6) is 0 Å². The van der Waals surface area contributed by atoms with Gasteiger partial charge in [0, 0.05) is 13.0 Å². The zero-order chi connectivity index (χ0) is 13.3. The zero-order valence-corrected chi connectivity index (χ0v) is 11.7. The molecule has 0 spiro atoms. The van der Waals surface area contributed by atoms with E-state index in [1.165, 1.54) is 17.5 Å². The summed E-state index contributed by atoms with van der Waals surface area (Å²) >= 11 is 0. The molecule has 1 aliphatic carbocycles. The van der Waals surface area contributed by atoms with Gasteiger partial charge in [-0.25, -0.2) is 0 Å². The van der Waals surface area contributed by atoms with Crippen LogP contribution in [0.25, 0.3) is 0 Å². The monoisotopic (exact) mass is 258 g/mol. The average molecular weight is 258 g/mol. The minimum Gasteiger partial charge on any atom is -0.368 e. The number of Topliss-reactive ketones (excluding diaryl/α,β-unsaturated/α-hetero) is 1. The van der Waals surface area contributed by atoms with Crippen molar-refractivity contribution in [1.29, 1.82) is 0 Å². The van der Waals surface area contributed by atoms with Gasteiger partial charge in [0.2, 0.25) is 0 Å². The fraction of sp³-hybridized carbons (Fsp3) is 0.588. The Balaban J connectivity index is 1.76. The van der Waals surface area contributed by atoms with E-state index in [0.717, 1.165) is 32.3 Å². The molecule has 102 valence electrons. The van der Waals surface area contributed by atoms with Crippen molar-refractivity contribution in [1.82, 2.24) is 0 Å². The topological polar surface area (TPSA) is 26.3 Å². The molecule has 0 N–H and O–H groups in total. The first-order valence-electron chi connectivity index (χ1n) is 7.44. The van der Waals surface area contributed by atoms with E-state index < -0.39 is 5.60 Å². The molecule has 0 saturated carbocycles. The molecular formula is C17H22O2. The minimum absolute atomic E-state index is 0.298. The number of hydrogen-bond acceptors (Lipinski definition) is 2. The summed E-state index contributed by atoms with van der Waals surface area (Å²) in [5, 5.41) is 0. The van der Waals surface area contributed by atoms with Gasteiger partial charge in [-0.1, -0.05) is 24.3 Å². The second-order valence-corrected chi connectivity index (χ2v) is 6.10. The van der Waals surface area contributed by atoms with Crippen LogP contribution >= 0.6 is 0 Å². The van der Waals surface area contributed by atoms with Gasteiger partial charge < -0.3 is 4.74 Å². The lowest BCUT2D eigenvalue weighted by atomic mass is 9.78. The van der Waals surface area contributed by atoms with Crippen molar-refractivity contribution in [2.45, 2.75) is 57.0 Å². The van der Waals surface area contributed by atoms with E-state index in [0.29, 0.717) is 18.1 Å². The van der Waals surface area contributed by atoms with Crippen LogP contribution in [-0.4, -0.2) is 18.0 Å². The fourth-order valence-corrected chi connectivity index (χ4v) is 3.51. The van der Waals surface area contributed by atoms with Crippen LogP contribution in [0, 0.1) is 0 Å². The minimum atomic E-state index is -0.508. The van der Waals surface area contributed by atoms with Crippen LogP contribution in [0.1, 0.15) is 56.1 Å². The number of aryl methyl sites for hydroxylation is 1. The molecule has 0 bridgehead atoms. The third-order valence-corrected chi connectivity index (χ3v) is 4.73. The molecule has 1 aromatic rings. The highest BCUT2D eigenvalue weighted by Gasteiger charge is 2.38. The van der Waals surface area contributed by atoms with Crippen molar-refractivity contribution in [3.8, 4) is 0 Å². The van der Waals surface area contributed by atoms with Crippen molar-refractivity contribution in [3.05, 3.63) is 35.4 Å². The average Bonchev–Trinajstić information content (AvgIpc) is 2.87. The smallest absolute Gasteiger partial charge is 0.164 e. The van der Waals surface area contributed by atoms with Gasteiger partial charge in [-0.05, 0) is 56.1 Å². The van der Waals surface area contributed by atoms with Crippen molar-refractivity contribution >= 4 is 5.78 Å². The lowest BCUT2D eigenvalue weighted by molar-refractivity contribution is -0.137. The highest BCUT2D eigenvalue weighted by molar-refractivity contribution is 5.88. The fourth-order valence-electron chi connectivity index (χ4n) is 3.51. The van der Waals surface area contributed by atoms with Gasteiger partial charge in [0.15, 0.2) is 5.78 Å². The maximum Gasteiger partial charge on any atom is 0.164 e. The predicted molar refractivity (Wildman–Crippen MR) is 75.3 cm³/mol. The lowest BCUT2D eigenvalue weighted by Crippen LogP contribution is -2.35. The zero-order valence-electron chi connectivity index (χ0n) is 11.7. The largest absolute Gasteiger partial charge is 0.368 e. The molecule has 2 aliphatic rings. The third kappa shape index (κ3) is 2.46. The third-order valence-electron chi connectivity index (χ3n) is 4.73. The summed E-state index contributed by atoms with van der Waals surface area (Å²) < 4.78 is 5.68. The molecule has 3 rings (SSSR count). The first kappa shape index (κ1) is 12.9. The van der Waals surface area contributed by atoms with Crippen molar-refractivity contribution in [2.24, 2.45) is 0 Å². The number of hydrogen-bond donors (Lipinski definition) is 0. The molecule has 2 atom stereocenters. The number of rotatable bonds is 3. The molecule has 1 fully saturated rings. The standard InChI is InChI=1S/C17H22O2/c1-17(10-5-11-19-17)16(18)12-14-8-4-7-13-6-2-3-9-15(13)14/h2-3,6,9,14H,4-5,7-8,10-12H2,1H3. The maximum absolute atomic E-state index is 12.5. The molecule has 0 amide bonds. The summed E-state index contributed by atoms with van der Waals surface area (Å²) in [5.41, 5.74) is 2.32. The molecule has 1 saturated heterocycles. The number of ether oxygens (including phenoxy) is 1. The van der Waals surface area contributed by atoms with E-state index in [2.05, 4.69) is 24.3 Å². The Bertz CT molecular complexity index is 472. The van der Waals surface area contributed by atoms with Gasteiger partial charge in [-0.2, -0.15) is 0 Å². The van der Waals surface area contributed by atoms with Crippen LogP contribution in [0.15, 0.2) is 24.3 Å². The molecule has 1 aliphatic heterocycles. The van der Waals surface area contributed by atoms with Gasteiger partial charge >= 0.3 is 0 Å². The number of benzene rings is 1. The molecule has 2 heteroatoms. The molecule has 19 heavy (non-hydrogen) atoms. The van der Waals surface area contributed by atoms with Gasteiger partial charge in [0.05, 0.1) is 0 Å². The van der Waals surface area contributed by atoms with Crippen LogP contribution in [0.2, 0.25) is 0 Å². The number of carbonyl (C=O) groups excluding carboxylic acids is 1. The van der Waals surface area contributed by atoms with E-state index in [1.54, 1.807) is 0 Å². The summed E-state index contributed by atoms with van der Waals surface area (Å²) in [6.07, 6.45) is 6.05. The SMILES string of the molecule is CC1(C(=O)CC2CCCc3ccccc32)CCCO1. The van der Waals surface area contributed by atoms with Crippen molar-refractivity contribution in [3.63, 3.8) is 0 Å². The number of fused-ring (bicyclic) bond motifs is 1. The molecular weight excluding hydrogens is 236 g/mol. The summed E-state index contributed by atoms with van der Waals surface area (Å²) in [5.74, 6) is 0.699. The molecule has 1 aromatic carbocycles. The molecule has 2 unspecified atom stereocenters. The molecule has 2 nitrogen and oxygen atoms in total. The summed E-state index contributed by atoms with van der Waals surface area (Å²) in [4.78, 5) is 12.5. The van der Waals surface area contributed by atoms with E-state index in [4.69, 9.17) is 4.74 Å². The van der Waals surface area contributed by atoms with Crippen LogP contribution < -0.4 is 0 Å². The number of ketones is 1. The van der Waals surface area contributed by atoms with E-state index in [9.17, 15) is 4.79 Å². The first-order valence-corrected chi connectivity index (χ1v) is 7.44. The van der Waals surface area contributed by atoms with Gasteiger partial charge in [0.25, 0.3) is 0 Å².